The van der Waals surface area contributed by atoms with Crippen LogP contribution in [0.2, 0.25) is 0 Å². The Kier molecular flexibility index (Phi) is 5.25. The van der Waals surface area contributed by atoms with Crippen molar-refractivity contribution >= 4 is 12.0 Å². The molecule has 7 heteroatoms. The van der Waals surface area contributed by atoms with Crippen molar-refractivity contribution in [1.29, 1.82) is 0 Å². The van der Waals surface area contributed by atoms with Gasteiger partial charge in [0.15, 0.2) is 0 Å². The number of halogens is 1. The van der Waals surface area contributed by atoms with Crippen LogP contribution in [0.1, 0.15) is 15.9 Å². The summed E-state index contributed by atoms with van der Waals surface area (Å²) >= 11 is 0. The van der Waals surface area contributed by atoms with Crippen molar-refractivity contribution in [1.82, 2.24) is 5.32 Å². The molecule has 0 unspecified atom stereocenters. The second-order valence-electron chi connectivity index (χ2n) is 3.89. The van der Waals surface area contributed by atoms with Gasteiger partial charge in [0.1, 0.15) is 11.9 Å². The van der Waals surface area contributed by atoms with E-state index in [0.717, 1.165) is 0 Å². The fourth-order valence-electron chi connectivity index (χ4n) is 1.60. The summed E-state index contributed by atoms with van der Waals surface area (Å²) in [6.07, 6.45) is -1.33. The monoisotopic (exact) mass is 269 g/mol. The maximum absolute atomic E-state index is 13.7. The first-order chi connectivity index (χ1) is 8.97. The molecule has 0 spiro atoms. The highest BCUT2D eigenvalue weighted by Crippen LogP contribution is 2.13. The van der Waals surface area contributed by atoms with Crippen LogP contribution >= 0.6 is 0 Å². The fourth-order valence-corrected chi connectivity index (χ4v) is 1.60. The van der Waals surface area contributed by atoms with E-state index in [1.807, 2.05) is 0 Å². The van der Waals surface area contributed by atoms with Crippen molar-refractivity contribution in [2.24, 2.45) is 11.5 Å². The minimum absolute atomic E-state index is 0.0497. The minimum Gasteiger partial charge on any atom is -0.445 e. The molecule has 0 aromatic heterocycles. The smallest absolute Gasteiger partial charge is 0.404 e. The third-order valence-electron chi connectivity index (χ3n) is 2.51. The molecule has 0 aliphatic heterocycles. The van der Waals surface area contributed by atoms with Crippen LogP contribution in [0.5, 0.6) is 0 Å². The van der Waals surface area contributed by atoms with Gasteiger partial charge >= 0.3 is 6.09 Å². The standard InChI is InChI=1S/C12H16FN3O3/c1-16-11(17)9-3-2-7(5-10(9)13)4-8(6-14)19-12(15)18/h2-3,5,8H,4,6,14H2,1H3,(H2,15,18)(H,16,17)/t8-/m0/s1. The molecule has 1 aromatic carbocycles. The van der Waals surface area contributed by atoms with Gasteiger partial charge in [0.2, 0.25) is 0 Å². The second kappa shape index (κ2) is 6.69. The number of primary amides is 1. The molecule has 0 aliphatic carbocycles. The number of rotatable bonds is 5. The van der Waals surface area contributed by atoms with Gasteiger partial charge in [-0.3, -0.25) is 4.79 Å². The summed E-state index contributed by atoms with van der Waals surface area (Å²) in [4.78, 5) is 21.9. The van der Waals surface area contributed by atoms with Gasteiger partial charge in [0.05, 0.1) is 5.56 Å². The van der Waals surface area contributed by atoms with Crippen LogP contribution in [0.25, 0.3) is 0 Å². The maximum Gasteiger partial charge on any atom is 0.404 e. The molecule has 5 N–H and O–H groups in total. The van der Waals surface area contributed by atoms with E-state index in [0.29, 0.717) is 5.56 Å². The predicted octanol–water partition coefficient (Wildman–Crippen LogP) is 0.150. The average Bonchev–Trinajstić information content (AvgIpc) is 2.36. The highest BCUT2D eigenvalue weighted by molar-refractivity contribution is 5.94. The summed E-state index contributed by atoms with van der Waals surface area (Å²) < 4.78 is 18.4. The number of ether oxygens (including phenoxy) is 1. The Morgan fingerprint density at radius 2 is 2.16 bits per heavy atom. The van der Waals surface area contributed by atoms with Crippen molar-refractivity contribution in [3.63, 3.8) is 0 Å². The number of nitrogens with two attached hydrogens (primary N) is 2. The molecule has 0 radical (unpaired) electrons. The largest absolute Gasteiger partial charge is 0.445 e. The Balaban J connectivity index is 2.83. The van der Waals surface area contributed by atoms with Crippen LogP contribution in [0.15, 0.2) is 18.2 Å². The first-order valence-corrected chi connectivity index (χ1v) is 5.64. The van der Waals surface area contributed by atoms with Gasteiger partial charge in [-0.05, 0) is 17.7 Å². The van der Waals surface area contributed by atoms with Crippen molar-refractivity contribution in [2.75, 3.05) is 13.6 Å². The zero-order valence-corrected chi connectivity index (χ0v) is 10.5. The number of nitrogens with one attached hydrogen (secondary N) is 1. The Hall–Kier alpha value is -2.15. The lowest BCUT2D eigenvalue weighted by Crippen LogP contribution is -2.31. The number of hydrogen-bond donors (Lipinski definition) is 3. The fraction of sp³-hybridized carbons (Fsp3) is 0.333. The molecule has 0 fully saturated rings. The van der Waals surface area contributed by atoms with E-state index in [-0.39, 0.29) is 18.5 Å². The first kappa shape index (κ1) is 14.9. The Morgan fingerprint density at radius 1 is 1.47 bits per heavy atom. The zero-order valence-electron chi connectivity index (χ0n) is 10.5. The quantitative estimate of drug-likeness (QED) is 0.707. The van der Waals surface area contributed by atoms with E-state index in [1.165, 1.54) is 19.2 Å². The molecule has 6 nitrogen and oxygen atoms in total. The van der Waals surface area contributed by atoms with E-state index < -0.39 is 23.9 Å². The van der Waals surface area contributed by atoms with Gasteiger partial charge in [-0.25, -0.2) is 9.18 Å². The Morgan fingerprint density at radius 3 is 2.63 bits per heavy atom. The number of amides is 2. The van der Waals surface area contributed by atoms with Crippen molar-refractivity contribution in [3.8, 4) is 0 Å². The van der Waals surface area contributed by atoms with E-state index >= 15 is 0 Å². The van der Waals surface area contributed by atoms with Gasteiger partial charge in [0.25, 0.3) is 5.91 Å². The summed E-state index contributed by atoms with van der Waals surface area (Å²) in [5, 5.41) is 2.33. The number of hydrogen-bond acceptors (Lipinski definition) is 4. The van der Waals surface area contributed by atoms with Crippen molar-refractivity contribution in [2.45, 2.75) is 12.5 Å². The SMILES string of the molecule is CNC(=O)c1ccc(C[C@@H](CN)OC(N)=O)cc1F. The van der Waals surface area contributed by atoms with E-state index in [4.69, 9.17) is 16.2 Å². The lowest BCUT2D eigenvalue weighted by Gasteiger charge is -2.14. The Bertz CT molecular complexity index is 479. The number of carbonyl (C=O) groups excluding carboxylic acids is 2. The summed E-state index contributed by atoms with van der Waals surface area (Å²) in [6, 6.07) is 4.14. The highest BCUT2D eigenvalue weighted by atomic mass is 19.1. The average molecular weight is 269 g/mol. The molecular weight excluding hydrogens is 253 g/mol. The molecule has 0 saturated heterocycles. The van der Waals surface area contributed by atoms with Crippen LogP contribution in [0.3, 0.4) is 0 Å². The highest BCUT2D eigenvalue weighted by Gasteiger charge is 2.15. The molecule has 0 bridgehead atoms. The summed E-state index contributed by atoms with van der Waals surface area (Å²) in [5.74, 6) is -1.15. The normalized spacial score (nSPS) is 11.7. The van der Waals surface area contributed by atoms with Gasteiger partial charge in [0, 0.05) is 20.0 Å². The molecule has 104 valence electrons. The first-order valence-electron chi connectivity index (χ1n) is 5.64. The third kappa shape index (κ3) is 4.22. The minimum atomic E-state index is -0.932. The van der Waals surface area contributed by atoms with E-state index in [1.54, 1.807) is 6.07 Å². The topological polar surface area (TPSA) is 107 Å². The van der Waals surface area contributed by atoms with Gasteiger partial charge < -0.3 is 21.5 Å². The molecule has 19 heavy (non-hydrogen) atoms. The lowest BCUT2D eigenvalue weighted by molar-refractivity contribution is 0.0959. The molecule has 1 rings (SSSR count). The van der Waals surface area contributed by atoms with Crippen molar-refractivity contribution < 1.29 is 18.7 Å². The van der Waals surface area contributed by atoms with E-state index in [9.17, 15) is 14.0 Å². The molecule has 0 aliphatic rings. The van der Waals surface area contributed by atoms with Crippen LogP contribution < -0.4 is 16.8 Å². The molecule has 0 heterocycles. The van der Waals surface area contributed by atoms with Gasteiger partial charge in [-0.15, -0.1) is 0 Å². The zero-order chi connectivity index (χ0) is 14.4. The summed E-state index contributed by atoms with van der Waals surface area (Å²) in [5.41, 5.74) is 10.8. The Labute approximate surface area is 109 Å². The van der Waals surface area contributed by atoms with Gasteiger partial charge in [-0.1, -0.05) is 6.07 Å². The van der Waals surface area contributed by atoms with Gasteiger partial charge in [-0.2, -0.15) is 0 Å². The molecule has 1 atom stereocenters. The lowest BCUT2D eigenvalue weighted by atomic mass is 10.0. The molecular formula is C12H16FN3O3. The predicted molar refractivity (Wildman–Crippen MR) is 67.0 cm³/mol. The molecule has 0 saturated carbocycles. The van der Waals surface area contributed by atoms with Crippen LogP contribution in [0.4, 0.5) is 9.18 Å². The van der Waals surface area contributed by atoms with Crippen molar-refractivity contribution in [3.05, 3.63) is 35.1 Å². The second-order valence-corrected chi connectivity index (χ2v) is 3.89. The summed E-state index contributed by atoms with van der Waals surface area (Å²) in [7, 11) is 1.42. The van der Waals surface area contributed by atoms with E-state index in [2.05, 4.69) is 5.32 Å². The van der Waals surface area contributed by atoms with Crippen LogP contribution in [0, 0.1) is 5.82 Å². The third-order valence-corrected chi connectivity index (χ3v) is 2.51. The molecule has 2 amide bonds. The van der Waals surface area contributed by atoms with Crippen LogP contribution in [-0.4, -0.2) is 31.7 Å². The number of benzene rings is 1. The maximum atomic E-state index is 13.7. The summed E-state index contributed by atoms with van der Waals surface area (Å²) in [6.45, 7) is 0.0712. The number of carbonyl (C=O) groups is 2. The molecule has 1 aromatic rings. The van der Waals surface area contributed by atoms with Crippen LogP contribution in [-0.2, 0) is 11.2 Å².